The molecule has 0 aliphatic heterocycles. The van der Waals surface area contributed by atoms with E-state index in [9.17, 15) is 4.79 Å². The summed E-state index contributed by atoms with van der Waals surface area (Å²) in [5, 5.41) is 6.64. The van der Waals surface area contributed by atoms with E-state index in [-0.39, 0.29) is 11.2 Å². The van der Waals surface area contributed by atoms with Crippen molar-refractivity contribution in [3.8, 4) is 0 Å². The summed E-state index contributed by atoms with van der Waals surface area (Å²) in [7, 11) is 0. The van der Waals surface area contributed by atoms with Gasteiger partial charge in [0.25, 0.3) is 0 Å². The molecule has 2 aromatic heterocycles. The Labute approximate surface area is 120 Å². The summed E-state index contributed by atoms with van der Waals surface area (Å²) in [6.45, 7) is 8.15. The molecule has 0 unspecified atom stereocenters. The molecule has 0 aliphatic carbocycles. The van der Waals surface area contributed by atoms with Gasteiger partial charge in [-0.3, -0.25) is 4.79 Å². The molecule has 6 heteroatoms. The Bertz CT molecular complexity index is 606. The third kappa shape index (κ3) is 3.33. The summed E-state index contributed by atoms with van der Waals surface area (Å²) in [5.74, 6) is -0.0292. The summed E-state index contributed by atoms with van der Waals surface area (Å²) in [6.07, 6.45) is 3.21. The number of aromatic nitrogens is 3. The zero-order valence-electron chi connectivity index (χ0n) is 11.3. The first kappa shape index (κ1) is 14.0. The Balaban J connectivity index is 2.22. The van der Waals surface area contributed by atoms with Gasteiger partial charge in [0.05, 0.1) is 21.3 Å². The van der Waals surface area contributed by atoms with Crippen LogP contribution >= 0.6 is 22.9 Å². The Kier molecular flexibility index (Phi) is 3.91. The molecule has 0 aliphatic rings. The highest BCUT2D eigenvalue weighted by molar-refractivity contribution is 7.14. The summed E-state index contributed by atoms with van der Waals surface area (Å²) in [6, 6.07) is 0. The molecule has 0 radical (unpaired) electrons. The number of hydrogen-bond acceptors (Lipinski definition) is 6. The molecule has 19 heavy (non-hydrogen) atoms. The van der Waals surface area contributed by atoms with Crippen LogP contribution in [0.25, 0.3) is 6.08 Å². The number of aryl methyl sites for hydroxylation is 1. The Morgan fingerprint density at radius 1 is 1.37 bits per heavy atom. The van der Waals surface area contributed by atoms with Crippen molar-refractivity contribution in [2.75, 3.05) is 0 Å². The second-order valence-electron chi connectivity index (χ2n) is 5.21. The first-order chi connectivity index (χ1) is 8.88. The van der Waals surface area contributed by atoms with E-state index in [0.717, 1.165) is 10.7 Å². The van der Waals surface area contributed by atoms with E-state index in [1.54, 1.807) is 11.5 Å². The van der Waals surface area contributed by atoms with Gasteiger partial charge in [0.2, 0.25) is 0 Å². The van der Waals surface area contributed by atoms with Crippen LogP contribution in [0.1, 0.15) is 46.8 Å². The second-order valence-corrected chi connectivity index (χ2v) is 6.82. The molecule has 2 aromatic rings. The maximum atomic E-state index is 12.1. The van der Waals surface area contributed by atoms with Crippen LogP contribution in [-0.2, 0) is 5.41 Å². The molecule has 4 nitrogen and oxygen atoms in total. The van der Waals surface area contributed by atoms with Gasteiger partial charge in [-0.2, -0.15) is 0 Å². The van der Waals surface area contributed by atoms with Crippen LogP contribution in [0.5, 0.6) is 0 Å². The minimum absolute atomic E-state index is 0.0292. The van der Waals surface area contributed by atoms with Gasteiger partial charge in [0, 0.05) is 10.8 Å². The Hall–Kier alpha value is -1.40. The van der Waals surface area contributed by atoms with Gasteiger partial charge in [-0.1, -0.05) is 25.3 Å². The number of thiazole rings is 1. The van der Waals surface area contributed by atoms with Crippen molar-refractivity contribution >= 4 is 34.7 Å². The highest BCUT2D eigenvalue weighted by Gasteiger charge is 2.22. The smallest absolute Gasteiger partial charge is 0.197 e. The lowest BCUT2D eigenvalue weighted by molar-refractivity contribution is 0.105. The molecule has 0 N–H and O–H groups in total. The molecule has 0 saturated carbocycles. The van der Waals surface area contributed by atoms with E-state index in [0.29, 0.717) is 10.6 Å². The van der Waals surface area contributed by atoms with Crippen LogP contribution in [0, 0.1) is 6.92 Å². The molecule has 0 saturated heterocycles. The van der Waals surface area contributed by atoms with Crippen LogP contribution in [0.2, 0.25) is 0 Å². The molecular weight excluding hydrogens is 278 g/mol. The van der Waals surface area contributed by atoms with Crippen molar-refractivity contribution in [3.63, 3.8) is 0 Å². The summed E-state index contributed by atoms with van der Waals surface area (Å²) >= 11 is 2.73. The quantitative estimate of drug-likeness (QED) is 0.642. The van der Waals surface area contributed by atoms with Crippen LogP contribution in [0.15, 0.2) is 11.5 Å². The molecule has 2 rings (SSSR count). The molecule has 0 bridgehead atoms. The summed E-state index contributed by atoms with van der Waals surface area (Å²) < 4.78 is 3.75. The molecule has 0 atom stereocenters. The van der Waals surface area contributed by atoms with E-state index in [1.165, 1.54) is 28.9 Å². The second kappa shape index (κ2) is 5.30. The molecule has 0 spiro atoms. The number of rotatable bonds is 3. The number of carbonyl (C=O) groups is 1. The van der Waals surface area contributed by atoms with Gasteiger partial charge in [0.15, 0.2) is 5.78 Å². The van der Waals surface area contributed by atoms with E-state index in [2.05, 4.69) is 35.3 Å². The lowest BCUT2D eigenvalue weighted by atomic mass is 9.98. The Morgan fingerprint density at radius 3 is 2.63 bits per heavy atom. The first-order valence-electron chi connectivity index (χ1n) is 5.85. The minimum atomic E-state index is -0.0312. The lowest BCUT2D eigenvalue weighted by Gasteiger charge is -2.13. The molecular formula is C13H15N3OS2. The maximum Gasteiger partial charge on any atom is 0.197 e. The SMILES string of the molecule is Cc1nc(C(C)(C)C)sc1C(=O)/C=C/c1csnn1. The average Bonchev–Trinajstić information content (AvgIpc) is 2.93. The number of ketones is 1. The van der Waals surface area contributed by atoms with E-state index in [4.69, 9.17) is 0 Å². The van der Waals surface area contributed by atoms with Gasteiger partial charge < -0.3 is 0 Å². The van der Waals surface area contributed by atoms with Crippen LogP contribution in [0.4, 0.5) is 0 Å². The van der Waals surface area contributed by atoms with Crippen LogP contribution < -0.4 is 0 Å². The number of allylic oxidation sites excluding steroid dienone is 1. The van der Waals surface area contributed by atoms with Crippen molar-refractivity contribution in [3.05, 3.63) is 32.7 Å². The predicted octanol–water partition coefficient (Wildman–Crippen LogP) is 3.50. The van der Waals surface area contributed by atoms with Crippen LogP contribution in [0.3, 0.4) is 0 Å². The fraction of sp³-hybridized carbons (Fsp3) is 0.385. The Morgan fingerprint density at radius 2 is 2.11 bits per heavy atom. The summed E-state index contributed by atoms with van der Waals surface area (Å²) in [5.41, 5.74) is 1.47. The normalized spacial score (nSPS) is 12.2. The first-order valence-corrected chi connectivity index (χ1v) is 7.50. The van der Waals surface area contributed by atoms with Crippen molar-refractivity contribution < 1.29 is 4.79 Å². The third-order valence-corrected chi connectivity index (χ3v) is 4.56. The topological polar surface area (TPSA) is 55.7 Å². The maximum absolute atomic E-state index is 12.1. The lowest BCUT2D eigenvalue weighted by Crippen LogP contribution is -2.10. The number of hydrogen-bond donors (Lipinski definition) is 0. The fourth-order valence-electron chi connectivity index (χ4n) is 1.43. The predicted molar refractivity (Wildman–Crippen MR) is 78.8 cm³/mol. The highest BCUT2D eigenvalue weighted by Crippen LogP contribution is 2.29. The monoisotopic (exact) mass is 293 g/mol. The summed E-state index contributed by atoms with van der Waals surface area (Å²) in [4.78, 5) is 17.3. The fourth-order valence-corrected chi connectivity index (χ4v) is 2.89. The zero-order chi connectivity index (χ0) is 14.0. The van der Waals surface area contributed by atoms with Gasteiger partial charge in [-0.25, -0.2) is 4.98 Å². The van der Waals surface area contributed by atoms with E-state index < -0.39 is 0 Å². The van der Waals surface area contributed by atoms with Gasteiger partial charge in [-0.05, 0) is 30.6 Å². The number of carbonyl (C=O) groups excluding carboxylic acids is 1. The van der Waals surface area contributed by atoms with E-state index in [1.807, 2.05) is 6.92 Å². The van der Waals surface area contributed by atoms with Crippen molar-refractivity contribution in [2.24, 2.45) is 0 Å². The largest absolute Gasteiger partial charge is 0.288 e. The van der Waals surface area contributed by atoms with Gasteiger partial charge in [-0.15, -0.1) is 16.4 Å². The van der Waals surface area contributed by atoms with E-state index >= 15 is 0 Å². The van der Waals surface area contributed by atoms with Crippen molar-refractivity contribution in [2.45, 2.75) is 33.1 Å². The van der Waals surface area contributed by atoms with Crippen molar-refractivity contribution in [1.82, 2.24) is 14.6 Å². The minimum Gasteiger partial charge on any atom is -0.288 e. The molecule has 100 valence electrons. The van der Waals surface area contributed by atoms with Crippen molar-refractivity contribution in [1.29, 1.82) is 0 Å². The molecule has 0 amide bonds. The highest BCUT2D eigenvalue weighted by atomic mass is 32.1. The van der Waals surface area contributed by atoms with Crippen LogP contribution in [-0.4, -0.2) is 20.4 Å². The zero-order valence-corrected chi connectivity index (χ0v) is 12.9. The average molecular weight is 293 g/mol. The number of nitrogens with zero attached hydrogens (tertiary/aromatic N) is 3. The van der Waals surface area contributed by atoms with Gasteiger partial charge in [0.1, 0.15) is 0 Å². The third-order valence-electron chi connectivity index (χ3n) is 2.44. The molecule has 0 aromatic carbocycles. The molecule has 2 heterocycles. The molecule has 0 fully saturated rings. The van der Waals surface area contributed by atoms with Gasteiger partial charge >= 0.3 is 0 Å². The standard InChI is InChI=1S/C13H15N3OS2/c1-8-11(19-12(14-8)13(2,3)4)10(17)6-5-9-7-18-16-15-9/h5-7H,1-4H3/b6-5+.